The third-order valence-corrected chi connectivity index (χ3v) is 4.58. The van der Waals surface area contributed by atoms with Gasteiger partial charge in [-0.15, -0.1) is 13.2 Å². The van der Waals surface area contributed by atoms with Crippen molar-refractivity contribution >= 4 is 23.2 Å². The van der Waals surface area contributed by atoms with E-state index in [1.165, 1.54) is 24.3 Å². The molecule has 27 heavy (non-hydrogen) atoms. The minimum absolute atomic E-state index is 0.153. The Hall–Kier alpha value is -2.25. The fourth-order valence-electron chi connectivity index (χ4n) is 3.02. The number of benzene rings is 2. The minimum atomic E-state index is -4.80. The number of para-hydroxylation sites is 1. The number of nitrogens with one attached hydrogen (secondary N) is 2. The second-order valence-corrected chi connectivity index (χ2v) is 6.64. The van der Waals surface area contributed by atoms with Crippen LogP contribution in [0.1, 0.15) is 19.3 Å². The molecule has 1 saturated heterocycles. The molecule has 0 spiro atoms. The molecular weight excluding hydrogens is 381 g/mol. The van der Waals surface area contributed by atoms with Gasteiger partial charge in [-0.2, -0.15) is 0 Å². The van der Waals surface area contributed by atoms with Crippen molar-refractivity contribution in [2.75, 3.05) is 11.9 Å². The van der Waals surface area contributed by atoms with Crippen LogP contribution in [-0.2, 0) is 4.79 Å². The lowest BCUT2D eigenvalue weighted by Gasteiger charge is -2.22. The summed E-state index contributed by atoms with van der Waals surface area (Å²) in [4.78, 5) is 12.3. The van der Waals surface area contributed by atoms with Crippen molar-refractivity contribution in [1.82, 2.24) is 5.32 Å². The molecule has 2 N–H and O–H groups in total. The zero-order chi connectivity index (χ0) is 19.4. The number of halogens is 4. The van der Waals surface area contributed by atoms with Gasteiger partial charge in [-0.05, 0) is 37.6 Å². The zero-order valence-corrected chi connectivity index (χ0v) is 15.0. The molecule has 1 fully saturated rings. The second kappa shape index (κ2) is 8.19. The van der Waals surface area contributed by atoms with Crippen LogP contribution in [0.5, 0.6) is 5.75 Å². The van der Waals surface area contributed by atoms with Crippen molar-refractivity contribution in [3.8, 4) is 16.9 Å². The summed E-state index contributed by atoms with van der Waals surface area (Å²) < 4.78 is 41.9. The maximum atomic E-state index is 12.6. The van der Waals surface area contributed by atoms with Crippen molar-refractivity contribution in [3.63, 3.8) is 0 Å². The Morgan fingerprint density at radius 3 is 2.59 bits per heavy atom. The summed E-state index contributed by atoms with van der Waals surface area (Å²) >= 11 is 6.27. The summed E-state index contributed by atoms with van der Waals surface area (Å²) in [5, 5.41) is 6.15. The van der Waals surface area contributed by atoms with Gasteiger partial charge in [-0.25, -0.2) is 0 Å². The van der Waals surface area contributed by atoms with Gasteiger partial charge in [0.05, 0.1) is 11.1 Å². The van der Waals surface area contributed by atoms with E-state index >= 15 is 0 Å². The van der Waals surface area contributed by atoms with E-state index in [4.69, 9.17) is 11.6 Å². The minimum Gasteiger partial charge on any atom is -0.405 e. The number of amides is 1. The third kappa shape index (κ3) is 5.14. The Morgan fingerprint density at radius 1 is 1.15 bits per heavy atom. The zero-order valence-electron chi connectivity index (χ0n) is 14.3. The number of hydrogen-bond acceptors (Lipinski definition) is 3. The van der Waals surface area contributed by atoms with Gasteiger partial charge in [0.25, 0.3) is 0 Å². The first-order valence-electron chi connectivity index (χ1n) is 8.52. The van der Waals surface area contributed by atoms with E-state index in [0.29, 0.717) is 11.3 Å². The highest BCUT2D eigenvalue weighted by molar-refractivity contribution is 6.33. The number of piperidine rings is 1. The first-order chi connectivity index (χ1) is 12.8. The summed E-state index contributed by atoms with van der Waals surface area (Å²) in [6, 6.07) is 10.2. The number of rotatable bonds is 4. The molecule has 1 amide bonds. The topological polar surface area (TPSA) is 50.4 Å². The summed E-state index contributed by atoms with van der Waals surface area (Å²) in [5.41, 5.74) is 1.08. The van der Waals surface area contributed by atoms with E-state index in [2.05, 4.69) is 15.4 Å². The van der Waals surface area contributed by atoms with Crippen LogP contribution in [0.4, 0.5) is 18.9 Å². The molecule has 0 bridgehead atoms. The summed E-state index contributed by atoms with van der Waals surface area (Å²) in [6.07, 6.45) is -2.01. The Kier molecular flexibility index (Phi) is 5.92. The molecule has 1 heterocycles. The van der Waals surface area contributed by atoms with Crippen LogP contribution in [0.25, 0.3) is 11.1 Å². The Morgan fingerprint density at radius 2 is 1.93 bits per heavy atom. The van der Waals surface area contributed by atoms with Crippen LogP contribution >= 0.6 is 11.6 Å². The Labute approximate surface area is 159 Å². The smallest absolute Gasteiger partial charge is 0.405 e. The van der Waals surface area contributed by atoms with E-state index in [1.807, 2.05) is 0 Å². The predicted octanol–water partition coefficient (Wildman–Crippen LogP) is 4.99. The molecule has 0 unspecified atom stereocenters. The number of anilines is 1. The molecule has 8 heteroatoms. The van der Waals surface area contributed by atoms with Crippen LogP contribution in [0.15, 0.2) is 42.5 Å². The largest absolute Gasteiger partial charge is 0.573 e. The Bertz CT molecular complexity index is 821. The lowest BCUT2D eigenvalue weighted by Crippen LogP contribution is -2.43. The highest BCUT2D eigenvalue weighted by atomic mass is 35.5. The highest BCUT2D eigenvalue weighted by Gasteiger charge is 2.32. The average molecular weight is 399 g/mol. The van der Waals surface area contributed by atoms with Crippen LogP contribution in [0.3, 0.4) is 0 Å². The summed E-state index contributed by atoms with van der Waals surface area (Å²) in [6.45, 7) is 0.799. The lowest BCUT2D eigenvalue weighted by atomic mass is 10.0. The van der Waals surface area contributed by atoms with Gasteiger partial charge in [0, 0.05) is 16.8 Å². The fraction of sp³-hybridized carbons (Fsp3) is 0.316. The molecule has 1 atom stereocenters. The van der Waals surface area contributed by atoms with E-state index in [1.54, 1.807) is 18.2 Å². The molecule has 4 nitrogen and oxygen atoms in total. The molecule has 1 aliphatic rings. The quantitative estimate of drug-likeness (QED) is 0.763. The molecule has 0 aromatic heterocycles. The second-order valence-electron chi connectivity index (χ2n) is 6.23. The standard InChI is InChI=1S/C19H18ClF3N2O2/c20-15-11-12(25-18(26)16-6-3-4-10-24-16)8-9-13(15)14-5-1-2-7-17(14)27-19(21,22)23/h1-2,5,7-9,11,16,24H,3-4,6,10H2,(H,25,26)/t16-/m1/s1. The van der Waals surface area contributed by atoms with Gasteiger partial charge in [-0.3, -0.25) is 4.79 Å². The van der Waals surface area contributed by atoms with Gasteiger partial charge in [0.1, 0.15) is 5.75 Å². The SMILES string of the molecule is O=C(Nc1ccc(-c2ccccc2OC(F)(F)F)c(Cl)c1)[C@H]1CCCCN1. The number of carbonyl (C=O) groups excluding carboxylic acids is 1. The molecule has 144 valence electrons. The Balaban J connectivity index is 1.80. The van der Waals surface area contributed by atoms with Crippen LogP contribution in [0, 0.1) is 0 Å². The van der Waals surface area contributed by atoms with E-state index in [-0.39, 0.29) is 28.3 Å². The number of alkyl halides is 3. The number of carbonyl (C=O) groups is 1. The molecule has 0 radical (unpaired) electrons. The van der Waals surface area contributed by atoms with Gasteiger partial charge in [0.2, 0.25) is 5.91 Å². The van der Waals surface area contributed by atoms with E-state index in [0.717, 1.165) is 25.8 Å². The van der Waals surface area contributed by atoms with Crippen molar-refractivity contribution < 1.29 is 22.7 Å². The van der Waals surface area contributed by atoms with Crippen molar-refractivity contribution in [2.24, 2.45) is 0 Å². The summed E-state index contributed by atoms with van der Waals surface area (Å²) in [5.74, 6) is -0.491. The molecule has 2 aromatic carbocycles. The maximum Gasteiger partial charge on any atom is 0.573 e. The van der Waals surface area contributed by atoms with Gasteiger partial charge in [-0.1, -0.05) is 42.3 Å². The first kappa shape index (κ1) is 19.5. The molecule has 0 saturated carbocycles. The van der Waals surface area contributed by atoms with Crippen LogP contribution in [0.2, 0.25) is 5.02 Å². The summed E-state index contributed by atoms with van der Waals surface area (Å²) in [7, 11) is 0. The van der Waals surface area contributed by atoms with Crippen LogP contribution in [-0.4, -0.2) is 24.9 Å². The van der Waals surface area contributed by atoms with Crippen LogP contribution < -0.4 is 15.4 Å². The molecule has 1 aliphatic heterocycles. The number of ether oxygens (including phenoxy) is 1. The lowest BCUT2D eigenvalue weighted by molar-refractivity contribution is -0.274. The molecular formula is C19H18ClF3N2O2. The van der Waals surface area contributed by atoms with Crippen molar-refractivity contribution in [2.45, 2.75) is 31.7 Å². The van der Waals surface area contributed by atoms with Crippen molar-refractivity contribution in [3.05, 3.63) is 47.5 Å². The normalized spacial score (nSPS) is 17.4. The van der Waals surface area contributed by atoms with E-state index in [9.17, 15) is 18.0 Å². The number of hydrogen-bond donors (Lipinski definition) is 2. The molecule has 3 rings (SSSR count). The van der Waals surface area contributed by atoms with Gasteiger partial charge < -0.3 is 15.4 Å². The highest BCUT2D eigenvalue weighted by Crippen LogP contribution is 2.38. The monoisotopic (exact) mass is 398 g/mol. The third-order valence-electron chi connectivity index (χ3n) is 4.27. The van der Waals surface area contributed by atoms with Gasteiger partial charge >= 0.3 is 6.36 Å². The van der Waals surface area contributed by atoms with Gasteiger partial charge in [0.15, 0.2) is 0 Å². The first-order valence-corrected chi connectivity index (χ1v) is 8.90. The van der Waals surface area contributed by atoms with E-state index < -0.39 is 6.36 Å². The molecule has 2 aromatic rings. The fourth-order valence-corrected chi connectivity index (χ4v) is 3.30. The average Bonchev–Trinajstić information content (AvgIpc) is 2.62. The molecule has 0 aliphatic carbocycles. The maximum absolute atomic E-state index is 12.6. The predicted molar refractivity (Wildman–Crippen MR) is 97.8 cm³/mol. The van der Waals surface area contributed by atoms with Crippen molar-refractivity contribution in [1.29, 1.82) is 0 Å².